The van der Waals surface area contributed by atoms with Gasteiger partial charge in [-0.05, 0) is 35.4 Å². The van der Waals surface area contributed by atoms with E-state index in [-0.39, 0.29) is 30.3 Å². The highest BCUT2D eigenvalue weighted by molar-refractivity contribution is 5.89. The fourth-order valence-corrected chi connectivity index (χ4v) is 5.43. The molecular formula is C37H36FN7O3. The lowest BCUT2D eigenvalue weighted by atomic mass is 10.1. The van der Waals surface area contributed by atoms with Crippen LogP contribution >= 0.6 is 0 Å². The number of hydrogen-bond donors (Lipinski definition) is 2. The van der Waals surface area contributed by atoms with E-state index < -0.39 is 5.82 Å². The lowest BCUT2D eigenvalue weighted by Gasteiger charge is -2.25. The van der Waals surface area contributed by atoms with Crippen molar-refractivity contribution in [2.24, 2.45) is 0 Å². The molecule has 0 radical (unpaired) electrons. The van der Waals surface area contributed by atoms with Gasteiger partial charge >= 0.3 is 0 Å². The van der Waals surface area contributed by atoms with Crippen LogP contribution in [0, 0.1) is 5.82 Å². The highest BCUT2D eigenvalue weighted by Crippen LogP contribution is 2.32. The number of fused-ring (bicyclic) bond motifs is 1. The van der Waals surface area contributed by atoms with Crippen LogP contribution in [0.4, 0.5) is 21.8 Å². The Labute approximate surface area is 278 Å². The lowest BCUT2D eigenvalue weighted by Crippen LogP contribution is -2.33. The van der Waals surface area contributed by atoms with E-state index in [0.717, 1.165) is 16.8 Å². The Kier molecular flexibility index (Phi) is 10.2. The predicted octanol–water partition coefficient (Wildman–Crippen LogP) is 6.41. The largest absolute Gasteiger partial charge is 0.488 e. The van der Waals surface area contributed by atoms with Gasteiger partial charge in [0.05, 0.1) is 12.6 Å². The average Bonchev–Trinajstić information content (AvgIpc) is 3.54. The molecule has 1 amide bonds. The lowest BCUT2D eigenvalue weighted by molar-refractivity contribution is -0.116. The Morgan fingerprint density at radius 1 is 1.04 bits per heavy atom. The van der Waals surface area contributed by atoms with E-state index in [9.17, 15) is 4.79 Å². The Bertz CT molecular complexity index is 1900. The number of imidazole rings is 1. The fourth-order valence-electron chi connectivity index (χ4n) is 5.43. The van der Waals surface area contributed by atoms with Gasteiger partial charge < -0.3 is 25.0 Å². The number of aromatic nitrogens is 4. The van der Waals surface area contributed by atoms with Crippen molar-refractivity contribution in [3.8, 4) is 5.75 Å². The number of ether oxygens (including phenoxy) is 2. The van der Waals surface area contributed by atoms with E-state index in [1.807, 2.05) is 59.2 Å². The first kappa shape index (κ1) is 32.1. The number of allylic oxidation sites excluding steroid dienone is 2. The number of carbonyl (C=O) groups is 1. The zero-order valence-electron chi connectivity index (χ0n) is 26.6. The second-order valence-corrected chi connectivity index (χ2v) is 11.2. The third kappa shape index (κ3) is 7.76. The molecular weight excluding hydrogens is 609 g/mol. The van der Waals surface area contributed by atoms with Crippen LogP contribution in [0.2, 0.25) is 0 Å². The van der Waals surface area contributed by atoms with Crippen molar-refractivity contribution < 1.29 is 18.7 Å². The molecule has 3 aromatic carbocycles. The first-order valence-corrected chi connectivity index (χ1v) is 15.6. The molecule has 1 atom stereocenters. The molecule has 2 N–H and O–H groups in total. The van der Waals surface area contributed by atoms with Crippen molar-refractivity contribution in [3.63, 3.8) is 0 Å². The van der Waals surface area contributed by atoms with Gasteiger partial charge in [0.25, 0.3) is 0 Å². The summed E-state index contributed by atoms with van der Waals surface area (Å²) in [6, 6.07) is 24.7. The molecule has 0 bridgehead atoms. The molecule has 0 saturated carbocycles. The Balaban J connectivity index is 1.42. The molecule has 48 heavy (non-hydrogen) atoms. The van der Waals surface area contributed by atoms with Gasteiger partial charge in [0, 0.05) is 44.1 Å². The quantitative estimate of drug-likeness (QED) is 0.105. The molecule has 0 saturated heterocycles. The third-order valence-corrected chi connectivity index (χ3v) is 7.73. The minimum atomic E-state index is -0.524. The summed E-state index contributed by atoms with van der Waals surface area (Å²) >= 11 is 0. The monoisotopic (exact) mass is 645 g/mol. The first-order valence-electron chi connectivity index (χ1n) is 15.6. The number of halogens is 1. The predicted molar refractivity (Wildman–Crippen MR) is 185 cm³/mol. The van der Waals surface area contributed by atoms with Gasteiger partial charge in [-0.2, -0.15) is 9.97 Å². The highest BCUT2D eigenvalue weighted by atomic mass is 19.1. The van der Waals surface area contributed by atoms with Gasteiger partial charge in [0.1, 0.15) is 12.9 Å². The van der Waals surface area contributed by atoms with Gasteiger partial charge in [-0.3, -0.25) is 9.36 Å². The smallest absolute Gasteiger partial charge is 0.243 e. The molecule has 1 unspecified atom stereocenters. The van der Waals surface area contributed by atoms with Crippen molar-refractivity contribution in [1.82, 2.24) is 24.8 Å². The maximum Gasteiger partial charge on any atom is 0.243 e. The molecule has 244 valence electrons. The summed E-state index contributed by atoms with van der Waals surface area (Å²) in [5.41, 5.74) is 4.69. The molecule has 0 spiro atoms. The zero-order valence-corrected chi connectivity index (χ0v) is 26.6. The number of rotatable bonds is 14. The molecule has 2 heterocycles. The molecule has 11 heteroatoms. The zero-order chi connectivity index (χ0) is 33.3. The molecule has 1 aliphatic carbocycles. The number of methoxy groups -OCH3 is 1. The Hall–Kier alpha value is -5.81. The van der Waals surface area contributed by atoms with Crippen LogP contribution in [0.25, 0.3) is 16.9 Å². The molecule has 6 rings (SSSR count). The van der Waals surface area contributed by atoms with Gasteiger partial charge in [-0.1, -0.05) is 79.4 Å². The molecule has 10 nitrogen and oxygen atoms in total. The maximum absolute atomic E-state index is 15.0. The summed E-state index contributed by atoms with van der Waals surface area (Å²) in [6.45, 7) is 5.25. The normalized spacial score (nSPS) is 14.0. The summed E-state index contributed by atoms with van der Waals surface area (Å²) in [4.78, 5) is 28.9. The summed E-state index contributed by atoms with van der Waals surface area (Å²) in [7, 11) is 1.56. The number of nitrogens with zero attached hydrogens (tertiary/aromatic N) is 5. The number of anilines is 3. The van der Waals surface area contributed by atoms with Gasteiger partial charge in [-0.15, -0.1) is 0 Å². The average molecular weight is 646 g/mol. The molecule has 0 fully saturated rings. The minimum Gasteiger partial charge on any atom is -0.488 e. The molecule has 0 aliphatic heterocycles. The summed E-state index contributed by atoms with van der Waals surface area (Å²) < 4.78 is 27.4. The van der Waals surface area contributed by atoms with Gasteiger partial charge in [0.2, 0.25) is 11.9 Å². The topological polar surface area (TPSA) is 106 Å². The van der Waals surface area contributed by atoms with Crippen LogP contribution in [0.1, 0.15) is 17.5 Å². The van der Waals surface area contributed by atoms with Crippen LogP contribution in [0.15, 0.2) is 116 Å². The van der Waals surface area contributed by atoms with Crippen molar-refractivity contribution in [2.75, 3.05) is 30.5 Å². The number of benzene rings is 3. The second-order valence-electron chi connectivity index (χ2n) is 11.2. The fraction of sp³-hybridized carbons (Fsp3) is 0.189. The standard InChI is InChI=1S/C37H36FN7O3/c1-3-33(46)40-28-15-10-16-30(21-28)45-25-39-34-35(44(23-26-11-6-4-7-12-26)24-27-13-8-5-9-14-27)42-37(43-36(34)45)41-29-17-18-32(31(38)22-29)48-20-19-47-2/h3-18,22,25,28H,1,19-21,23-24H2,2H3,(H,40,46)(H,41,42,43). The van der Waals surface area contributed by atoms with Crippen LogP contribution in [-0.4, -0.2) is 51.8 Å². The van der Waals surface area contributed by atoms with Gasteiger partial charge in [0.15, 0.2) is 28.5 Å². The van der Waals surface area contributed by atoms with Crippen molar-refractivity contribution in [1.29, 1.82) is 0 Å². The van der Waals surface area contributed by atoms with E-state index in [2.05, 4.69) is 46.4 Å². The highest BCUT2D eigenvalue weighted by Gasteiger charge is 2.23. The number of carbonyl (C=O) groups excluding carboxylic acids is 1. The van der Waals surface area contributed by atoms with Crippen molar-refractivity contribution >= 4 is 40.2 Å². The number of nitrogens with one attached hydrogen (secondary N) is 2. The van der Waals surface area contributed by atoms with E-state index >= 15 is 4.39 Å². The van der Waals surface area contributed by atoms with E-state index in [0.29, 0.717) is 48.8 Å². The van der Waals surface area contributed by atoms with E-state index in [1.54, 1.807) is 25.6 Å². The minimum absolute atomic E-state index is 0.125. The molecule has 2 aromatic heterocycles. The van der Waals surface area contributed by atoms with Crippen LogP contribution in [0.5, 0.6) is 5.75 Å². The second kappa shape index (κ2) is 15.2. The molecule has 5 aromatic rings. The van der Waals surface area contributed by atoms with Crippen molar-refractivity contribution in [3.05, 3.63) is 133 Å². The summed E-state index contributed by atoms with van der Waals surface area (Å²) in [5.74, 6) is 0.222. The van der Waals surface area contributed by atoms with E-state index in [1.165, 1.54) is 12.1 Å². The first-order chi connectivity index (χ1) is 23.5. The number of hydrogen-bond acceptors (Lipinski definition) is 8. The molecule has 1 aliphatic rings. The number of amides is 1. The summed E-state index contributed by atoms with van der Waals surface area (Å²) in [5, 5.41) is 6.14. The SMILES string of the molecule is C=CC(=O)NC1C=CC=C(n2cnc3c(N(Cc4ccccc4)Cc4ccccc4)nc(Nc4ccc(OCCOC)c(F)c4)nc32)C1. The van der Waals surface area contributed by atoms with Crippen LogP contribution in [-0.2, 0) is 22.6 Å². The van der Waals surface area contributed by atoms with Crippen molar-refractivity contribution in [2.45, 2.75) is 25.6 Å². The Morgan fingerprint density at radius 3 is 2.44 bits per heavy atom. The van der Waals surface area contributed by atoms with Gasteiger partial charge in [-0.25, -0.2) is 9.37 Å². The maximum atomic E-state index is 15.0. The summed E-state index contributed by atoms with van der Waals surface area (Å²) in [6.07, 6.45) is 9.28. The Morgan fingerprint density at radius 2 is 1.77 bits per heavy atom. The third-order valence-electron chi connectivity index (χ3n) is 7.73. The van der Waals surface area contributed by atoms with Crippen LogP contribution < -0.4 is 20.3 Å². The van der Waals surface area contributed by atoms with E-state index in [4.69, 9.17) is 24.4 Å². The van der Waals surface area contributed by atoms with Crippen LogP contribution in [0.3, 0.4) is 0 Å².